The van der Waals surface area contributed by atoms with Gasteiger partial charge in [0.25, 0.3) is 0 Å². The van der Waals surface area contributed by atoms with Gasteiger partial charge in [-0.05, 0) is 37.1 Å². The molecule has 0 bridgehead atoms. The van der Waals surface area contributed by atoms with Gasteiger partial charge in [-0.3, -0.25) is 4.79 Å². The topological polar surface area (TPSA) is 89.7 Å². The number of nitrogens with zero attached hydrogens (tertiary/aromatic N) is 1. The Morgan fingerprint density at radius 1 is 1.38 bits per heavy atom. The van der Waals surface area contributed by atoms with Crippen molar-refractivity contribution in [3.8, 4) is 5.75 Å². The van der Waals surface area contributed by atoms with Crippen LogP contribution in [0.3, 0.4) is 0 Å². The lowest BCUT2D eigenvalue weighted by atomic mass is 10.0. The third kappa shape index (κ3) is 5.09. The predicted octanol–water partition coefficient (Wildman–Crippen LogP) is 1.48. The van der Waals surface area contributed by atoms with Crippen LogP contribution in [0.25, 0.3) is 0 Å². The molecule has 0 saturated carbocycles. The van der Waals surface area contributed by atoms with Gasteiger partial charge in [0.1, 0.15) is 5.75 Å². The lowest BCUT2D eigenvalue weighted by molar-refractivity contribution is -0.135. The van der Waals surface area contributed by atoms with Crippen LogP contribution in [0, 0.1) is 5.92 Å². The normalized spacial score (nSPS) is 19.3. The summed E-state index contributed by atoms with van der Waals surface area (Å²) in [5.74, 6) is -0.343. The number of carbonyl (C=O) groups is 1. The van der Waals surface area contributed by atoms with Crippen molar-refractivity contribution >= 4 is 28.2 Å². The molecule has 1 aromatic carbocycles. The van der Waals surface area contributed by atoms with Crippen molar-refractivity contribution < 1.29 is 17.9 Å². The summed E-state index contributed by atoms with van der Waals surface area (Å²) >= 11 is 0. The van der Waals surface area contributed by atoms with Gasteiger partial charge in [-0.25, -0.2) is 8.42 Å². The van der Waals surface area contributed by atoms with Crippen molar-refractivity contribution in [3.63, 3.8) is 0 Å². The van der Waals surface area contributed by atoms with Crippen LogP contribution in [0.5, 0.6) is 5.75 Å². The van der Waals surface area contributed by atoms with Gasteiger partial charge in [0.2, 0.25) is 5.91 Å². The minimum absolute atomic E-state index is 0. The smallest absolute Gasteiger partial charge is 0.226 e. The summed E-state index contributed by atoms with van der Waals surface area (Å²) in [5, 5.41) is 0. The van der Waals surface area contributed by atoms with E-state index >= 15 is 0 Å². The van der Waals surface area contributed by atoms with Crippen molar-refractivity contribution in [2.75, 3.05) is 26.0 Å². The number of benzene rings is 1. The SMILES string of the molecule is COc1ccc(S(=O)(=O)CC(C)C(=O)N2CCCC(N)C2)cc1.Cl. The Balaban J connectivity index is 0.00000288. The van der Waals surface area contributed by atoms with Crippen molar-refractivity contribution in [3.05, 3.63) is 24.3 Å². The zero-order chi connectivity index (χ0) is 17.0. The van der Waals surface area contributed by atoms with E-state index in [1.54, 1.807) is 24.0 Å². The molecule has 6 nitrogen and oxygen atoms in total. The van der Waals surface area contributed by atoms with Crippen LogP contribution in [-0.4, -0.2) is 51.2 Å². The first kappa shape index (κ1) is 20.7. The molecule has 2 rings (SSSR count). The maximum atomic E-state index is 12.5. The maximum Gasteiger partial charge on any atom is 0.226 e. The maximum absolute atomic E-state index is 12.5. The van der Waals surface area contributed by atoms with Crippen LogP contribution < -0.4 is 10.5 Å². The van der Waals surface area contributed by atoms with Gasteiger partial charge in [0, 0.05) is 25.0 Å². The van der Waals surface area contributed by atoms with Crippen LogP contribution in [0.15, 0.2) is 29.2 Å². The summed E-state index contributed by atoms with van der Waals surface area (Å²) in [5.41, 5.74) is 5.88. The van der Waals surface area contributed by atoms with Crippen LogP contribution in [0.4, 0.5) is 0 Å². The van der Waals surface area contributed by atoms with E-state index in [1.165, 1.54) is 19.2 Å². The second-order valence-electron chi connectivity index (χ2n) is 6.04. The van der Waals surface area contributed by atoms with Gasteiger partial charge in [-0.15, -0.1) is 12.4 Å². The van der Waals surface area contributed by atoms with Gasteiger partial charge in [-0.1, -0.05) is 6.92 Å². The summed E-state index contributed by atoms with van der Waals surface area (Å²) in [6, 6.07) is 6.19. The molecule has 2 atom stereocenters. The molecule has 0 aliphatic carbocycles. The summed E-state index contributed by atoms with van der Waals surface area (Å²) < 4.78 is 29.9. The predicted molar refractivity (Wildman–Crippen MR) is 95.2 cm³/mol. The second-order valence-corrected chi connectivity index (χ2v) is 8.08. The number of rotatable bonds is 5. The van der Waals surface area contributed by atoms with E-state index < -0.39 is 15.8 Å². The van der Waals surface area contributed by atoms with Gasteiger partial charge < -0.3 is 15.4 Å². The molecule has 1 aromatic rings. The summed E-state index contributed by atoms with van der Waals surface area (Å²) in [7, 11) is -1.99. The Morgan fingerprint density at radius 3 is 2.54 bits per heavy atom. The Hall–Kier alpha value is -1.31. The number of halogens is 1. The molecule has 24 heavy (non-hydrogen) atoms. The largest absolute Gasteiger partial charge is 0.497 e. The first-order valence-electron chi connectivity index (χ1n) is 7.74. The van der Waals surface area contributed by atoms with Crippen molar-refractivity contribution in [1.29, 1.82) is 0 Å². The molecule has 1 aliphatic heterocycles. The highest BCUT2D eigenvalue weighted by molar-refractivity contribution is 7.91. The first-order chi connectivity index (χ1) is 10.8. The molecular weight excluding hydrogens is 352 g/mol. The van der Waals surface area contributed by atoms with Crippen molar-refractivity contribution in [1.82, 2.24) is 4.90 Å². The molecule has 0 spiro atoms. The van der Waals surface area contributed by atoms with Crippen molar-refractivity contribution in [2.45, 2.75) is 30.7 Å². The fraction of sp³-hybridized carbons (Fsp3) is 0.562. The number of carbonyl (C=O) groups excluding carboxylic acids is 1. The highest BCUT2D eigenvalue weighted by Crippen LogP contribution is 2.20. The molecule has 0 radical (unpaired) electrons. The number of ether oxygens (including phenoxy) is 1. The number of hydrogen-bond donors (Lipinski definition) is 1. The number of sulfone groups is 1. The number of amides is 1. The van der Waals surface area contributed by atoms with Gasteiger partial charge in [0.05, 0.1) is 17.8 Å². The molecule has 1 saturated heterocycles. The highest BCUT2D eigenvalue weighted by atomic mass is 35.5. The van der Waals surface area contributed by atoms with Crippen LogP contribution in [0.2, 0.25) is 0 Å². The zero-order valence-electron chi connectivity index (χ0n) is 14.0. The number of nitrogens with two attached hydrogens (primary N) is 1. The fourth-order valence-electron chi connectivity index (χ4n) is 2.80. The van der Waals surface area contributed by atoms with E-state index in [4.69, 9.17) is 10.5 Å². The fourth-order valence-corrected chi connectivity index (χ4v) is 4.35. The zero-order valence-corrected chi connectivity index (χ0v) is 15.6. The Kier molecular flexibility index (Phi) is 7.51. The summed E-state index contributed by atoms with van der Waals surface area (Å²) in [4.78, 5) is 14.3. The third-order valence-corrected chi connectivity index (χ3v) is 6.01. The Labute approximate surface area is 149 Å². The lowest BCUT2D eigenvalue weighted by Gasteiger charge is -2.32. The second kappa shape index (κ2) is 8.69. The first-order valence-corrected chi connectivity index (χ1v) is 9.40. The van der Waals surface area contributed by atoms with E-state index in [9.17, 15) is 13.2 Å². The minimum Gasteiger partial charge on any atom is -0.497 e. The quantitative estimate of drug-likeness (QED) is 0.840. The van der Waals surface area contributed by atoms with Gasteiger partial charge in [0.15, 0.2) is 9.84 Å². The molecular formula is C16H25ClN2O4S. The number of hydrogen-bond acceptors (Lipinski definition) is 5. The molecule has 0 aromatic heterocycles. The van der Waals surface area contributed by atoms with Crippen molar-refractivity contribution in [2.24, 2.45) is 11.7 Å². The molecule has 1 amide bonds. The van der Waals surface area contributed by atoms with Gasteiger partial charge in [-0.2, -0.15) is 0 Å². The molecule has 2 N–H and O–H groups in total. The summed E-state index contributed by atoms with van der Waals surface area (Å²) in [6.07, 6.45) is 1.77. The molecule has 1 fully saturated rings. The molecule has 1 aliphatic rings. The molecule has 136 valence electrons. The average Bonchev–Trinajstić information content (AvgIpc) is 2.53. The van der Waals surface area contributed by atoms with E-state index in [2.05, 4.69) is 0 Å². The lowest BCUT2D eigenvalue weighted by Crippen LogP contribution is -2.48. The van der Waals surface area contributed by atoms with E-state index in [0.29, 0.717) is 18.8 Å². The van der Waals surface area contributed by atoms with Crippen LogP contribution in [0.1, 0.15) is 19.8 Å². The minimum atomic E-state index is -3.52. The molecule has 2 unspecified atom stereocenters. The Morgan fingerprint density at radius 2 is 2.00 bits per heavy atom. The van der Waals surface area contributed by atoms with E-state index in [0.717, 1.165) is 12.8 Å². The standard InChI is InChI=1S/C16H24N2O4S.ClH/c1-12(16(19)18-9-3-4-13(17)10-18)11-23(20,21)15-7-5-14(22-2)6-8-15;/h5-8,12-13H,3-4,9-11,17H2,1-2H3;1H. The molecule has 8 heteroatoms. The van der Waals surface area contributed by atoms with E-state index in [1.807, 2.05) is 0 Å². The van der Waals surface area contributed by atoms with Crippen LogP contribution in [-0.2, 0) is 14.6 Å². The molecule has 1 heterocycles. The summed E-state index contributed by atoms with van der Waals surface area (Å²) in [6.45, 7) is 2.81. The number of likely N-dealkylation sites (tertiary alicyclic amines) is 1. The number of methoxy groups -OCH3 is 1. The van der Waals surface area contributed by atoms with Crippen LogP contribution >= 0.6 is 12.4 Å². The monoisotopic (exact) mass is 376 g/mol. The van der Waals surface area contributed by atoms with Gasteiger partial charge >= 0.3 is 0 Å². The number of piperidine rings is 1. The van der Waals surface area contributed by atoms with E-state index in [-0.39, 0.29) is 35.0 Å². The third-order valence-electron chi connectivity index (χ3n) is 4.08. The Bertz CT molecular complexity index is 649. The highest BCUT2D eigenvalue weighted by Gasteiger charge is 2.29. The average molecular weight is 377 g/mol.